The molecule has 0 atom stereocenters. The largest absolute Gasteiger partial charge is 0.381 e. The quantitative estimate of drug-likeness (QED) is 0.759. The van der Waals surface area contributed by atoms with Crippen LogP contribution >= 0.6 is 11.6 Å². The molecule has 1 N–H and O–H groups in total. The molecule has 0 aromatic heterocycles. The fourth-order valence-corrected chi connectivity index (χ4v) is 4.05. The van der Waals surface area contributed by atoms with Gasteiger partial charge in [0.15, 0.2) is 0 Å². The normalized spacial score (nSPS) is 33.7. The van der Waals surface area contributed by atoms with Crippen LogP contribution in [0.2, 0.25) is 0 Å². The van der Waals surface area contributed by atoms with E-state index in [1.54, 1.807) is 0 Å². The number of nitrogens with one attached hydrogen (secondary N) is 1. The topological polar surface area (TPSA) is 55.4 Å². The first-order chi connectivity index (χ1) is 7.08. The van der Waals surface area contributed by atoms with E-state index in [2.05, 4.69) is 4.72 Å². The van der Waals surface area contributed by atoms with Crippen molar-refractivity contribution in [2.24, 2.45) is 0 Å². The van der Waals surface area contributed by atoms with E-state index in [0.717, 1.165) is 12.8 Å². The molecule has 2 aliphatic rings. The summed E-state index contributed by atoms with van der Waals surface area (Å²) in [5.74, 6) is 0. The van der Waals surface area contributed by atoms with Crippen LogP contribution in [0.3, 0.4) is 0 Å². The third-order valence-electron chi connectivity index (χ3n) is 3.02. The summed E-state index contributed by atoms with van der Waals surface area (Å²) in [6.07, 6.45) is 2.72. The van der Waals surface area contributed by atoms with Crippen molar-refractivity contribution in [3.05, 3.63) is 0 Å². The highest BCUT2D eigenvalue weighted by molar-refractivity contribution is 7.90. The molecule has 88 valence electrons. The average Bonchev–Trinajstić information content (AvgIpc) is 2.17. The molecule has 15 heavy (non-hydrogen) atoms. The Labute approximate surface area is 95.4 Å². The zero-order chi connectivity index (χ0) is 10.9. The van der Waals surface area contributed by atoms with Crippen molar-refractivity contribution >= 4 is 21.6 Å². The van der Waals surface area contributed by atoms with Crippen molar-refractivity contribution in [3.8, 4) is 0 Å². The summed E-state index contributed by atoms with van der Waals surface area (Å²) in [7, 11) is -3.16. The minimum Gasteiger partial charge on any atom is -0.381 e. The second-order valence-electron chi connectivity index (χ2n) is 4.24. The van der Waals surface area contributed by atoms with E-state index in [9.17, 15) is 8.42 Å². The van der Waals surface area contributed by atoms with Crippen LogP contribution in [0.1, 0.15) is 25.7 Å². The second-order valence-corrected chi connectivity index (χ2v) is 6.85. The average molecular weight is 254 g/mol. The van der Waals surface area contributed by atoms with E-state index >= 15 is 0 Å². The number of hydrogen-bond acceptors (Lipinski definition) is 3. The van der Waals surface area contributed by atoms with Gasteiger partial charge in [-0.25, -0.2) is 13.1 Å². The zero-order valence-corrected chi connectivity index (χ0v) is 10.1. The lowest BCUT2D eigenvalue weighted by Gasteiger charge is -2.33. The van der Waals surface area contributed by atoms with Gasteiger partial charge in [-0.15, -0.1) is 11.6 Å². The Bertz CT molecular complexity index is 307. The fourth-order valence-electron chi connectivity index (χ4n) is 1.96. The molecule has 0 spiro atoms. The van der Waals surface area contributed by atoms with Gasteiger partial charge in [-0.3, -0.25) is 0 Å². The molecular formula is C9H16ClNO3S. The van der Waals surface area contributed by atoms with Crippen molar-refractivity contribution in [3.63, 3.8) is 0 Å². The molecule has 2 fully saturated rings. The van der Waals surface area contributed by atoms with Crippen LogP contribution < -0.4 is 4.72 Å². The predicted molar refractivity (Wildman–Crippen MR) is 58.6 cm³/mol. The van der Waals surface area contributed by atoms with E-state index in [-0.39, 0.29) is 16.7 Å². The predicted octanol–water partition coefficient (Wildman–Crippen LogP) is 0.855. The van der Waals surface area contributed by atoms with E-state index in [1.165, 1.54) is 0 Å². The number of sulfonamides is 1. The van der Waals surface area contributed by atoms with Gasteiger partial charge in [-0.05, 0) is 25.7 Å². The SMILES string of the molecule is O=S(=O)(NC1CC(Cl)C1)C1CCOCC1. The van der Waals surface area contributed by atoms with Gasteiger partial charge in [-0.1, -0.05) is 0 Å². The highest BCUT2D eigenvalue weighted by Gasteiger charge is 2.34. The molecule has 1 saturated heterocycles. The summed E-state index contributed by atoms with van der Waals surface area (Å²) in [5, 5.41) is -0.131. The monoisotopic (exact) mass is 253 g/mol. The first-order valence-corrected chi connectivity index (χ1v) is 7.29. The van der Waals surface area contributed by atoms with Crippen molar-refractivity contribution in [1.82, 2.24) is 4.72 Å². The maximum atomic E-state index is 11.9. The maximum absolute atomic E-state index is 11.9. The molecule has 0 radical (unpaired) electrons. The molecule has 2 rings (SSSR count). The molecule has 0 unspecified atom stereocenters. The first-order valence-electron chi connectivity index (χ1n) is 5.31. The Morgan fingerprint density at radius 1 is 1.20 bits per heavy atom. The van der Waals surface area contributed by atoms with Gasteiger partial charge in [0.25, 0.3) is 0 Å². The Hall–Kier alpha value is 0.160. The molecule has 0 aromatic carbocycles. The minimum atomic E-state index is -3.16. The molecule has 1 aliphatic carbocycles. The van der Waals surface area contributed by atoms with Crippen molar-refractivity contribution in [2.75, 3.05) is 13.2 Å². The molecular weight excluding hydrogens is 238 g/mol. The third-order valence-corrected chi connectivity index (χ3v) is 5.39. The smallest absolute Gasteiger partial charge is 0.214 e. The molecule has 0 aromatic rings. The van der Waals surface area contributed by atoms with E-state index in [0.29, 0.717) is 26.1 Å². The highest BCUT2D eigenvalue weighted by atomic mass is 35.5. The van der Waals surface area contributed by atoms with Crippen LogP contribution in [0.4, 0.5) is 0 Å². The number of rotatable bonds is 3. The van der Waals surface area contributed by atoms with E-state index < -0.39 is 10.0 Å². The molecule has 0 bridgehead atoms. The van der Waals surface area contributed by atoms with Gasteiger partial charge < -0.3 is 4.74 Å². The summed E-state index contributed by atoms with van der Waals surface area (Å²) >= 11 is 5.80. The summed E-state index contributed by atoms with van der Waals surface area (Å²) in [4.78, 5) is 0. The summed E-state index contributed by atoms with van der Waals surface area (Å²) in [5.41, 5.74) is 0. The molecule has 0 amide bonds. The Morgan fingerprint density at radius 3 is 2.33 bits per heavy atom. The van der Waals surface area contributed by atoms with Crippen LogP contribution in [0.15, 0.2) is 0 Å². The van der Waals surface area contributed by atoms with Crippen molar-refractivity contribution < 1.29 is 13.2 Å². The maximum Gasteiger partial charge on any atom is 0.214 e. The lowest BCUT2D eigenvalue weighted by molar-refractivity contribution is 0.0980. The highest BCUT2D eigenvalue weighted by Crippen LogP contribution is 2.27. The van der Waals surface area contributed by atoms with Crippen LogP contribution in [0.25, 0.3) is 0 Å². The summed E-state index contributed by atoms with van der Waals surface area (Å²) < 4.78 is 31.6. The second kappa shape index (κ2) is 4.57. The fraction of sp³-hybridized carbons (Fsp3) is 1.00. The first kappa shape index (κ1) is 11.6. The third kappa shape index (κ3) is 2.84. The molecule has 1 heterocycles. The lowest BCUT2D eigenvalue weighted by Crippen LogP contribution is -2.49. The zero-order valence-electron chi connectivity index (χ0n) is 8.49. The minimum absolute atomic E-state index is 0.0559. The Kier molecular flexibility index (Phi) is 3.55. The van der Waals surface area contributed by atoms with Crippen LogP contribution in [-0.4, -0.2) is 38.3 Å². The van der Waals surface area contributed by atoms with Gasteiger partial charge in [0.2, 0.25) is 10.0 Å². The van der Waals surface area contributed by atoms with Crippen molar-refractivity contribution in [2.45, 2.75) is 42.4 Å². The number of alkyl halides is 1. The standard InChI is InChI=1S/C9H16ClNO3S/c10-7-5-8(6-7)11-15(12,13)9-1-3-14-4-2-9/h7-9,11H,1-6H2. The summed E-state index contributed by atoms with van der Waals surface area (Å²) in [6, 6.07) is 0.0559. The van der Waals surface area contributed by atoms with Crippen LogP contribution in [0.5, 0.6) is 0 Å². The van der Waals surface area contributed by atoms with Gasteiger partial charge in [-0.2, -0.15) is 0 Å². The number of ether oxygens (including phenoxy) is 1. The van der Waals surface area contributed by atoms with Crippen LogP contribution in [0, 0.1) is 0 Å². The molecule has 4 nitrogen and oxygen atoms in total. The van der Waals surface area contributed by atoms with Gasteiger partial charge in [0.1, 0.15) is 0 Å². The van der Waals surface area contributed by atoms with E-state index in [4.69, 9.17) is 16.3 Å². The number of halogens is 1. The molecule has 1 aliphatic heterocycles. The lowest BCUT2D eigenvalue weighted by atomic mass is 9.94. The molecule has 6 heteroatoms. The Balaban J connectivity index is 1.88. The van der Waals surface area contributed by atoms with Gasteiger partial charge in [0.05, 0.1) is 5.25 Å². The summed E-state index contributed by atoms with van der Waals surface area (Å²) in [6.45, 7) is 1.10. The number of hydrogen-bond donors (Lipinski definition) is 1. The Morgan fingerprint density at radius 2 is 1.80 bits per heavy atom. The van der Waals surface area contributed by atoms with Gasteiger partial charge >= 0.3 is 0 Å². The van der Waals surface area contributed by atoms with Crippen LogP contribution in [-0.2, 0) is 14.8 Å². The van der Waals surface area contributed by atoms with Crippen molar-refractivity contribution in [1.29, 1.82) is 0 Å². The van der Waals surface area contributed by atoms with Gasteiger partial charge in [0, 0.05) is 24.6 Å². The van der Waals surface area contributed by atoms with E-state index in [1.807, 2.05) is 0 Å². The molecule has 1 saturated carbocycles.